The summed E-state index contributed by atoms with van der Waals surface area (Å²) in [4.78, 5) is 28.9. The number of hydrogen-bond donors (Lipinski definition) is 1. The highest BCUT2D eigenvalue weighted by molar-refractivity contribution is 5.89. The molecule has 128 valence electrons. The van der Waals surface area contributed by atoms with Crippen LogP contribution in [0, 0.1) is 6.92 Å². The lowest BCUT2D eigenvalue weighted by Gasteiger charge is -2.35. The van der Waals surface area contributed by atoms with E-state index in [0.29, 0.717) is 24.6 Å². The van der Waals surface area contributed by atoms with E-state index in [1.807, 2.05) is 19.1 Å². The van der Waals surface area contributed by atoms with Crippen molar-refractivity contribution in [1.29, 1.82) is 0 Å². The van der Waals surface area contributed by atoms with Gasteiger partial charge in [0.05, 0.1) is 11.9 Å². The summed E-state index contributed by atoms with van der Waals surface area (Å²) in [6.45, 7) is 4.64. The molecule has 9 heteroatoms. The molecule has 0 atom stereocenters. The number of urea groups is 1. The molecule has 9 nitrogen and oxygen atoms in total. The minimum atomic E-state index is -0.107. The highest BCUT2D eigenvalue weighted by atomic mass is 16.2. The normalized spacial score (nSPS) is 14.8. The Morgan fingerprint density at radius 3 is 2.84 bits per heavy atom. The first kappa shape index (κ1) is 15.3. The van der Waals surface area contributed by atoms with Crippen LogP contribution in [-0.2, 0) is 0 Å². The summed E-state index contributed by atoms with van der Waals surface area (Å²) in [6.07, 6.45) is 4.81. The van der Waals surface area contributed by atoms with Gasteiger partial charge >= 0.3 is 6.03 Å². The van der Waals surface area contributed by atoms with Crippen molar-refractivity contribution in [3.8, 4) is 0 Å². The number of fused-ring (bicyclic) bond motifs is 1. The van der Waals surface area contributed by atoms with Crippen LogP contribution >= 0.6 is 0 Å². The second kappa shape index (κ2) is 6.34. The zero-order valence-corrected chi connectivity index (χ0v) is 13.8. The molecule has 0 aliphatic carbocycles. The predicted molar refractivity (Wildman–Crippen MR) is 92.6 cm³/mol. The number of carbonyl (C=O) groups excluding carboxylic acids is 1. The van der Waals surface area contributed by atoms with Crippen molar-refractivity contribution < 1.29 is 4.79 Å². The molecule has 3 aromatic heterocycles. The van der Waals surface area contributed by atoms with E-state index >= 15 is 0 Å². The maximum absolute atomic E-state index is 12.4. The Balaban J connectivity index is 1.44. The van der Waals surface area contributed by atoms with Gasteiger partial charge in [-0.15, -0.1) is 0 Å². The van der Waals surface area contributed by atoms with Gasteiger partial charge in [-0.1, -0.05) is 0 Å². The van der Waals surface area contributed by atoms with Crippen LogP contribution in [0.5, 0.6) is 0 Å². The molecule has 0 unspecified atom stereocenters. The minimum absolute atomic E-state index is 0.107. The van der Waals surface area contributed by atoms with Crippen molar-refractivity contribution in [2.75, 3.05) is 36.4 Å². The lowest BCUT2D eigenvalue weighted by molar-refractivity contribution is 0.208. The van der Waals surface area contributed by atoms with E-state index in [-0.39, 0.29) is 6.03 Å². The highest BCUT2D eigenvalue weighted by Gasteiger charge is 2.23. The average molecular weight is 338 g/mol. The molecular formula is C16H18N8O. The van der Waals surface area contributed by atoms with Gasteiger partial charge in [-0.2, -0.15) is 14.6 Å². The third-order valence-corrected chi connectivity index (χ3v) is 4.16. The topological polar surface area (TPSA) is 91.5 Å². The minimum Gasteiger partial charge on any atom is -0.353 e. The van der Waals surface area contributed by atoms with Crippen molar-refractivity contribution in [2.24, 2.45) is 0 Å². The van der Waals surface area contributed by atoms with Gasteiger partial charge in [0.1, 0.15) is 12.1 Å². The maximum Gasteiger partial charge on any atom is 0.322 e. The molecule has 0 aromatic carbocycles. The molecule has 2 amide bonds. The number of amides is 2. The fraction of sp³-hybridized carbons (Fsp3) is 0.312. The summed E-state index contributed by atoms with van der Waals surface area (Å²) in [6, 6.07) is 5.50. The smallest absolute Gasteiger partial charge is 0.322 e. The zero-order chi connectivity index (χ0) is 17.2. The van der Waals surface area contributed by atoms with Crippen LogP contribution in [0.4, 0.5) is 16.3 Å². The number of carbonyl (C=O) groups is 1. The lowest BCUT2D eigenvalue weighted by atomic mass is 10.3. The van der Waals surface area contributed by atoms with Crippen LogP contribution in [-0.4, -0.2) is 61.7 Å². The van der Waals surface area contributed by atoms with E-state index in [1.54, 1.807) is 27.9 Å². The first-order chi connectivity index (χ1) is 12.2. The van der Waals surface area contributed by atoms with E-state index < -0.39 is 0 Å². The standard InChI is InChI=1S/C16H18N8O/c1-12-9-14(24-15(20-12)18-11-19-24)22-5-7-23(8-6-22)16(25)21-13-3-2-4-17-10-13/h2-4,9-11H,5-8H2,1H3,(H,21,25). The third kappa shape index (κ3) is 3.08. The van der Waals surface area contributed by atoms with Crippen LogP contribution in [0.25, 0.3) is 5.78 Å². The fourth-order valence-electron chi connectivity index (χ4n) is 2.91. The Bertz CT molecular complexity index is 886. The molecule has 1 saturated heterocycles. The van der Waals surface area contributed by atoms with E-state index in [0.717, 1.165) is 24.6 Å². The molecule has 0 saturated carbocycles. The third-order valence-electron chi connectivity index (χ3n) is 4.16. The van der Waals surface area contributed by atoms with Gasteiger partial charge in [0, 0.05) is 44.1 Å². The van der Waals surface area contributed by atoms with Crippen LogP contribution in [0.15, 0.2) is 36.9 Å². The fourth-order valence-corrected chi connectivity index (χ4v) is 2.91. The van der Waals surface area contributed by atoms with Crippen molar-refractivity contribution in [3.05, 3.63) is 42.6 Å². The van der Waals surface area contributed by atoms with Gasteiger partial charge in [-0.25, -0.2) is 9.78 Å². The summed E-state index contributed by atoms with van der Waals surface area (Å²) in [5.41, 5.74) is 1.59. The molecule has 1 N–H and O–H groups in total. The number of hydrogen-bond acceptors (Lipinski definition) is 6. The van der Waals surface area contributed by atoms with E-state index in [4.69, 9.17) is 0 Å². The highest BCUT2D eigenvalue weighted by Crippen LogP contribution is 2.18. The number of piperazine rings is 1. The number of pyridine rings is 1. The molecule has 0 spiro atoms. The van der Waals surface area contributed by atoms with Crippen molar-refractivity contribution in [1.82, 2.24) is 29.5 Å². The SMILES string of the molecule is Cc1cc(N2CCN(C(=O)Nc3cccnc3)CC2)n2ncnc2n1. The van der Waals surface area contributed by atoms with E-state index in [9.17, 15) is 4.79 Å². The van der Waals surface area contributed by atoms with E-state index in [2.05, 4.69) is 30.3 Å². The molecule has 4 rings (SSSR count). The first-order valence-corrected chi connectivity index (χ1v) is 8.09. The molecule has 25 heavy (non-hydrogen) atoms. The Kier molecular flexibility index (Phi) is 3.88. The quantitative estimate of drug-likeness (QED) is 0.754. The van der Waals surface area contributed by atoms with Gasteiger partial charge in [0.2, 0.25) is 0 Å². The predicted octanol–water partition coefficient (Wildman–Crippen LogP) is 1.18. The van der Waals surface area contributed by atoms with Gasteiger partial charge in [-0.3, -0.25) is 4.98 Å². The Labute approximate surface area is 144 Å². The van der Waals surface area contributed by atoms with Crippen molar-refractivity contribution in [3.63, 3.8) is 0 Å². The van der Waals surface area contributed by atoms with Gasteiger partial charge in [0.15, 0.2) is 0 Å². The van der Waals surface area contributed by atoms with Crippen LogP contribution < -0.4 is 10.2 Å². The first-order valence-electron chi connectivity index (χ1n) is 8.09. The largest absolute Gasteiger partial charge is 0.353 e. The molecular weight excluding hydrogens is 320 g/mol. The molecule has 1 fully saturated rings. The molecule has 0 radical (unpaired) electrons. The Morgan fingerprint density at radius 2 is 2.08 bits per heavy atom. The summed E-state index contributed by atoms with van der Waals surface area (Å²) >= 11 is 0. The van der Waals surface area contributed by atoms with Gasteiger partial charge < -0.3 is 15.1 Å². The molecule has 0 bridgehead atoms. The van der Waals surface area contributed by atoms with Crippen molar-refractivity contribution in [2.45, 2.75) is 6.92 Å². The number of rotatable bonds is 2. The molecule has 1 aliphatic rings. The van der Waals surface area contributed by atoms with Gasteiger partial charge in [0.25, 0.3) is 5.78 Å². The van der Waals surface area contributed by atoms with Crippen LogP contribution in [0.3, 0.4) is 0 Å². The molecule has 3 aromatic rings. The number of nitrogens with zero attached hydrogens (tertiary/aromatic N) is 7. The zero-order valence-electron chi connectivity index (χ0n) is 13.8. The Hall–Kier alpha value is -3.23. The van der Waals surface area contributed by atoms with E-state index in [1.165, 1.54) is 6.33 Å². The summed E-state index contributed by atoms with van der Waals surface area (Å²) in [5.74, 6) is 1.54. The van der Waals surface area contributed by atoms with Crippen LogP contribution in [0.2, 0.25) is 0 Å². The summed E-state index contributed by atoms with van der Waals surface area (Å²) in [7, 11) is 0. The number of aromatic nitrogens is 5. The van der Waals surface area contributed by atoms with Crippen molar-refractivity contribution >= 4 is 23.3 Å². The number of anilines is 2. The summed E-state index contributed by atoms with van der Waals surface area (Å²) in [5, 5.41) is 7.12. The lowest BCUT2D eigenvalue weighted by Crippen LogP contribution is -2.50. The average Bonchev–Trinajstić information content (AvgIpc) is 3.10. The Morgan fingerprint density at radius 1 is 1.24 bits per heavy atom. The van der Waals surface area contributed by atoms with Crippen LogP contribution in [0.1, 0.15) is 5.69 Å². The number of nitrogens with one attached hydrogen (secondary N) is 1. The second-order valence-corrected chi connectivity index (χ2v) is 5.87. The monoisotopic (exact) mass is 338 g/mol. The number of aryl methyl sites for hydroxylation is 1. The molecule has 4 heterocycles. The second-order valence-electron chi connectivity index (χ2n) is 5.87. The van der Waals surface area contributed by atoms with Gasteiger partial charge in [-0.05, 0) is 19.1 Å². The summed E-state index contributed by atoms with van der Waals surface area (Å²) < 4.78 is 1.73. The molecule has 1 aliphatic heterocycles. The maximum atomic E-state index is 12.4.